The fourth-order valence-electron chi connectivity index (χ4n) is 1.76. The molecule has 0 aliphatic rings. The molecule has 100 valence electrons. The van der Waals surface area contributed by atoms with Crippen molar-refractivity contribution >= 4 is 5.91 Å². The zero-order valence-electron chi connectivity index (χ0n) is 11.1. The lowest BCUT2D eigenvalue weighted by atomic mass is 9.98. The molecule has 0 saturated heterocycles. The minimum Gasteiger partial charge on any atom is -0.497 e. The molecule has 4 nitrogen and oxygen atoms in total. The number of hydrogen-bond donors (Lipinski definition) is 2. The molecule has 0 aliphatic heterocycles. The molecule has 1 amide bonds. The Morgan fingerprint density at radius 3 is 2.89 bits per heavy atom. The molecule has 0 aliphatic carbocycles. The molecule has 1 aromatic rings. The quantitative estimate of drug-likeness (QED) is 0.767. The summed E-state index contributed by atoms with van der Waals surface area (Å²) in [7, 11) is 1.63. The summed E-state index contributed by atoms with van der Waals surface area (Å²) in [6.45, 7) is 3.08. The molecule has 3 N–H and O–H groups in total. The highest BCUT2D eigenvalue weighted by molar-refractivity contribution is 5.79. The highest BCUT2D eigenvalue weighted by atomic mass is 16.5. The largest absolute Gasteiger partial charge is 0.497 e. The fraction of sp³-hybridized carbons (Fsp3) is 0.500. The van der Waals surface area contributed by atoms with Crippen LogP contribution < -0.4 is 15.8 Å². The summed E-state index contributed by atoms with van der Waals surface area (Å²) in [5.74, 6) is 0.656. The Bertz CT molecular complexity index is 380. The number of carbonyl (C=O) groups excluding carboxylic acids is 1. The van der Waals surface area contributed by atoms with E-state index in [1.54, 1.807) is 7.11 Å². The highest BCUT2D eigenvalue weighted by Crippen LogP contribution is 2.15. The van der Waals surface area contributed by atoms with Crippen molar-refractivity contribution in [2.45, 2.75) is 19.8 Å². The fourth-order valence-corrected chi connectivity index (χ4v) is 1.76. The van der Waals surface area contributed by atoms with Crippen LogP contribution in [0.5, 0.6) is 5.75 Å². The normalized spacial score (nSPS) is 11.9. The highest BCUT2D eigenvalue weighted by Gasteiger charge is 2.16. The van der Waals surface area contributed by atoms with Crippen LogP contribution in [0.1, 0.15) is 18.9 Å². The van der Waals surface area contributed by atoms with Gasteiger partial charge in [-0.05, 0) is 30.5 Å². The second kappa shape index (κ2) is 7.71. The van der Waals surface area contributed by atoms with Gasteiger partial charge in [0.15, 0.2) is 0 Å². The van der Waals surface area contributed by atoms with Gasteiger partial charge in [0.2, 0.25) is 5.91 Å². The summed E-state index contributed by atoms with van der Waals surface area (Å²) >= 11 is 0. The third kappa shape index (κ3) is 4.37. The molecule has 1 atom stereocenters. The van der Waals surface area contributed by atoms with Crippen LogP contribution in [-0.4, -0.2) is 26.1 Å². The topological polar surface area (TPSA) is 64.4 Å². The monoisotopic (exact) mass is 250 g/mol. The van der Waals surface area contributed by atoms with Crippen molar-refractivity contribution in [3.63, 3.8) is 0 Å². The van der Waals surface area contributed by atoms with Crippen molar-refractivity contribution in [3.8, 4) is 5.75 Å². The third-order valence-electron chi connectivity index (χ3n) is 2.82. The Morgan fingerprint density at radius 2 is 2.28 bits per heavy atom. The molecule has 4 heteroatoms. The SMILES string of the molecule is CCCNC(=O)C(CN)Cc1cccc(OC)c1. The van der Waals surface area contributed by atoms with Gasteiger partial charge in [-0.3, -0.25) is 4.79 Å². The number of nitrogens with two attached hydrogens (primary N) is 1. The van der Waals surface area contributed by atoms with Crippen molar-refractivity contribution in [2.75, 3.05) is 20.2 Å². The van der Waals surface area contributed by atoms with E-state index in [0.717, 1.165) is 17.7 Å². The molecule has 0 fully saturated rings. The number of benzene rings is 1. The summed E-state index contributed by atoms with van der Waals surface area (Å²) in [4.78, 5) is 11.9. The van der Waals surface area contributed by atoms with Crippen LogP contribution in [0.2, 0.25) is 0 Å². The molecular formula is C14H22N2O2. The van der Waals surface area contributed by atoms with E-state index in [1.807, 2.05) is 31.2 Å². The minimum absolute atomic E-state index is 0.0298. The molecule has 0 heterocycles. The minimum atomic E-state index is -0.177. The molecule has 0 radical (unpaired) electrons. The van der Waals surface area contributed by atoms with Gasteiger partial charge in [0, 0.05) is 13.1 Å². The van der Waals surface area contributed by atoms with Gasteiger partial charge >= 0.3 is 0 Å². The summed E-state index contributed by atoms with van der Waals surface area (Å²) in [5.41, 5.74) is 6.74. The van der Waals surface area contributed by atoms with Crippen LogP contribution in [-0.2, 0) is 11.2 Å². The molecular weight excluding hydrogens is 228 g/mol. The van der Waals surface area contributed by atoms with E-state index in [1.165, 1.54) is 0 Å². The lowest BCUT2D eigenvalue weighted by Gasteiger charge is -2.15. The second-order valence-electron chi connectivity index (χ2n) is 4.28. The Morgan fingerprint density at radius 1 is 1.50 bits per heavy atom. The summed E-state index contributed by atoms with van der Waals surface area (Å²) in [6.07, 6.45) is 1.57. The number of ether oxygens (including phenoxy) is 1. The maximum atomic E-state index is 11.9. The van der Waals surface area contributed by atoms with Crippen molar-refractivity contribution in [1.29, 1.82) is 0 Å². The first-order valence-electron chi connectivity index (χ1n) is 6.32. The number of hydrogen-bond acceptors (Lipinski definition) is 3. The van der Waals surface area contributed by atoms with Gasteiger partial charge in [-0.25, -0.2) is 0 Å². The number of amides is 1. The predicted octanol–water partition coefficient (Wildman–Crippen LogP) is 1.34. The van der Waals surface area contributed by atoms with E-state index in [4.69, 9.17) is 10.5 Å². The van der Waals surface area contributed by atoms with Crippen molar-refractivity contribution in [1.82, 2.24) is 5.32 Å². The number of nitrogens with one attached hydrogen (secondary N) is 1. The van der Waals surface area contributed by atoms with Gasteiger partial charge in [0.1, 0.15) is 5.75 Å². The molecule has 18 heavy (non-hydrogen) atoms. The molecule has 0 saturated carbocycles. The summed E-state index contributed by atoms with van der Waals surface area (Å²) in [5, 5.41) is 2.88. The van der Waals surface area contributed by atoms with Crippen LogP contribution in [0.3, 0.4) is 0 Å². The molecule has 1 unspecified atom stereocenters. The standard InChI is InChI=1S/C14H22N2O2/c1-3-7-16-14(17)12(10-15)8-11-5-4-6-13(9-11)18-2/h4-6,9,12H,3,7-8,10,15H2,1-2H3,(H,16,17). The molecule has 1 aromatic carbocycles. The first kappa shape index (κ1) is 14.5. The molecule has 0 bridgehead atoms. The van der Waals surface area contributed by atoms with E-state index in [0.29, 0.717) is 19.5 Å². The van der Waals surface area contributed by atoms with Gasteiger partial charge in [-0.15, -0.1) is 0 Å². The van der Waals surface area contributed by atoms with Gasteiger partial charge in [-0.2, -0.15) is 0 Å². The first-order chi connectivity index (χ1) is 8.71. The smallest absolute Gasteiger partial charge is 0.224 e. The first-order valence-corrected chi connectivity index (χ1v) is 6.32. The summed E-state index contributed by atoms with van der Waals surface area (Å²) < 4.78 is 5.16. The average Bonchev–Trinajstić information content (AvgIpc) is 2.42. The van der Waals surface area contributed by atoms with E-state index in [9.17, 15) is 4.79 Å². The lowest BCUT2D eigenvalue weighted by Crippen LogP contribution is -2.36. The zero-order valence-corrected chi connectivity index (χ0v) is 11.1. The predicted molar refractivity (Wildman–Crippen MR) is 72.5 cm³/mol. The maximum absolute atomic E-state index is 11.9. The Balaban J connectivity index is 2.63. The van der Waals surface area contributed by atoms with Crippen LogP contribution in [0, 0.1) is 5.92 Å². The molecule has 0 spiro atoms. The van der Waals surface area contributed by atoms with Crippen LogP contribution in [0.4, 0.5) is 0 Å². The van der Waals surface area contributed by atoms with Crippen LogP contribution >= 0.6 is 0 Å². The van der Waals surface area contributed by atoms with Crippen molar-refractivity contribution in [2.24, 2.45) is 11.7 Å². The van der Waals surface area contributed by atoms with E-state index in [2.05, 4.69) is 5.32 Å². The zero-order chi connectivity index (χ0) is 13.4. The Labute approximate surface area is 109 Å². The van der Waals surface area contributed by atoms with E-state index in [-0.39, 0.29) is 11.8 Å². The van der Waals surface area contributed by atoms with Crippen molar-refractivity contribution < 1.29 is 9.53 Å². The Kier molecular flexibility index (Phi) is 6.22. The lowest BCUT2D eigenvalue weighted by molar-refractivity contribution is -0.124. The maximum Gasteiger partial charge on any atom is 0.224 e. The average molecular weight is 250 g/mol. The number of carbonyl (C=O) groups is 1. The third-order valence-corrected chi connectivity index (χ3v) is 2.82. The van der Waals surface area contributed by atoms with Gasteiger partial charge in [0.25, 0.3) is 0 Å². The van der Waals surface area contributed by atoms with E-state index < -0.39 is 0 Å². The van der Waals surface area contributed by atoms with Gasteiger partial charge in [0.05, 0.1) is 13.0 Å². The van der Waals surface area contributed by atoms with Gasteiger partial charge < -0.3 is 15.8 Å². The molecule has 1 rings (SSSR count). The van der Waals surface area contributed by atoms with E-state index >= 15 is 0 Å². The number of methoxy groups -OCH3 is 1. The van der Waals surface area contributed by atoms with Crippen LogP contribution in [0.25, 0.3) is 0 Å². The van der Waals surface area contributed by atoms with Gasteiger partial charge in [-0.1, -0.05) is 19.1 Å². The Hall–Kier alpha value is -1.55. The van der Waals surface area contributed by atoms with Crippen molar-refractivity contribution in [3.05, 3.63) is 29.8 Å². The van der Waals surface area contributed by atoms with Crippen LogP contribution in [0.15, 0.2) is 24.3 Å². The summed E-state index contributed by atoms with van der Waals surface area (Å²) in [6, 6.07) is 7.73. The molecule has 0 aromatic heterocycles. The number of rotatable bonds is 7. The second-order valence-corrected chi connectivity index (χ2v) is 4.28.